The van der Waals surface area contributed by atoms with E-state index in [2.05, 4.69) is 201 Å². The Balaban J connectivity index is 1.07. The number of rotatable bonds is 6. The van der Waals surface area contributed by atoms with Crippen molar-refractivity contribution in [3.8, 4) is 67.3 Å². The predicted octanol–water partition coefficient (Wildman–Crippen LogP) is 14.5. The van der Waals surface area contributed by atoms with Gasteiger partial charge in [-0.25, -0.2) is 9.97 Å². The monoisotopic (exact) mass is 744 g/mol. The average Bonchev–Trinajstić information content (AvgIpc) is 3.80. The van der Waals surface area contributed by atoms with Gasteiger partial charge >= 0.3 is 0 Å². The largest absolute Gasteiger partial charge is 0.228 e. The summed E-state index contributed by atoms with van der Waals surface area (Å²) in [5, 5.41) is 2.60. The first-order valence-corrected chi connectivity index (χ1v) is 20.3. The van der Waals surface area contributed by atoms with Gasteiger partial charge in [-0.3, -0.25) is 0 Å². The molecule has 2 nitrogen and oxygen atoms in total. The van der Waals surface area contributed by atoms with Crippen LogP contribution in [0.25, 0.3) is 87.5 Å². The van der Waals surface area contributed by atoms with Crippen LogP contribution in [0.5, 0.6) is 0 Å². The minimum absolute atomic E-state index is 0.286. The zero-order valence-electron chi connectivity index (χ0n) is 31.4. The molecule has 1 unspecified atom stereocenters. The topological polar surface area (TPSA) is 25.8 Å². The Bertz CT molecular complexity index is 3140. The van der Waals surface area contributed by atoms with Crippen LogP contribution >= 0.6 is 11.3 Å². The Morgan fingerprint density at radius 3 is 1.84 bits per heavy atom. The summed E-state index contributed by atoms with van der Waals surface area (Å²) < 4.78 is 2.60. The SMILES string of the molecule is CC1(c2ccccc2)c2ccccc2-c2ccc(-c3ccccc3-c3cc(-c4cccc(-c5cccc6sc7ccccc7c56)c4)nc(-c4ccccc4)n3)cc21. The molecule has 0 spiro atoms. The van der Waals surface area contributed by atoms with Gasteiger partial charge < -0.3 is 0 Å². The summed E-state index contributed by atoms with van der Waals surface area (Å²) in [4.78, 5) is 10.6. The summed E-state index contributed by atoms with van der Waals surface area (Å²) >= 11 is 1.85. The summed E-state index contributed by atoms with van der Waals surface area (Å²) in [7, 11) is 0. The van der Waals surface area contributed by atoms with Crippen LogP contribution in [0.1, 0.15) is 23.6 Å². The van der Waals surface area contributed by atoms with Crippen molar-refractivity contribution in [2.24, 2.45) is 0 Å². The van der Waals surface area contributed by atoms with Crippen molar-refractivity contribution in [1.82, 2.24) is 9.97 Å². The van der Waals surface area contributed by atoms with Crippen molar-refractivity contribution in [2.45, 2.75) is 12.3 Å². The lowest BCUT2D eigenvalue weighted by atomic mass is 9.74. The third kappa shape index (κ3) is 5.46. The van der Waals surface area contributed by atoms with E-state index in [1.54, 1.807) is 0 Å². The van der Waals surface area contributed by atoms with Crippen LogP contribution in [-0.2, 0) is 5.41 Å². The lowest BCUT2D eigenvalue weighted by molar-refractivity contribution is 0.714. The second kappa shape index (κ2) is 13.4. The van der Waals surface area contributed by atoms with Gasteiger partial charge in [-0.15, -0.1) is 11.3 Å². The summed E-state index contributed by atoms with van der Waals surface area (Å²) in [5.41, 5.74) is 15.9. The minimum atomic E-state index is -0.286. The van der Waals surface area contributed by atoms with Gasteiger partial charge in [0.2, 0.25) is 0 Å². The van der Waals surface area contributed by atoms with Gasteiger partial charge in [0.05, 0.1) is 11.4 Å². The summed E-state index contributed by atoms with van der Waals surface area (Å²) in [5.74, 6) is 0.704. The van der Waals surface area contributed by atoms with Crippen molar-refractivity contribution in [3.05, 3.63) is 217 Å². The first-order valence-electron chi connectivity index (χ1n) is 19.5. The standard InChI is InChI=1S/C54H36N2S/c1-54(39-20-6-3-7-21-39)46-27-12-10-23-42(46)43-31-30-37(33-47(43)54)40-22-8-9-24-44(40)49-34-48(55-53(56-49)35-16-4-2-5-17-35)38-19-14-18-36(32-38)41-26-15-29-51-52(41)45-25-11-13-28-50(45)57-51/h2-34H,1H3. The van der Waals surface area contributed by atoms with E-state index in [9.17, 15) is 0 Å². The molecular weight excluding hydrogens is 709 g/mol. The molecule has 3 heteroatoms. The maximum atomic E-state index is 5.31. The zero-order valence-corrected chi connectivity index (χ0v) is 32.2. The molecule has 268 valence electrons. The lowest BCUT2D eigenvalue weighted by Gasteiger charge is -2.28. The third-order valence-electron chi connectivity index (χ3n) is 11.8. The molecule has 0 amide bonds. The molecule has 0 aliphatic heterocycles. The van der Waals surface area contributed by atoms with Crippen LogP contribution in [0.2, 0.25) is 0 Å². The van der Waals surface area contributed by atoms with Gasteiger partial charge in [0.25, 0.3) is 0 Å². The van der Waals surface area contributed by atoms with Crippen LogP contribution < -0.4 is 0 Å². The molecule has 11 rings (SSSR count). The highest BCUT2D eigenvalue weighted by Crippen LogP contribution is 2.53. The van der Waals surface area contributed by atoms with Crippen molar-refractivity contribution >= 4 is 31.5 Å². The number of aromatic nitrogens is 2. The fourth-order valence-electron chi connectivity index (χ4n) is 9.01. The molecular formula is C54H36N2S. The van der Waals surface area contributed by atoms with E-state index in [0.29, 0.717) is 5.82 Å². The molecule has 0 saturated heterocycles. The van der Waals surface area contributed by atoms with Gasteiger partial charge in [-0.1, -0.05) is 170 Å². The average molecular weight is 745 g/mol. The smallest absolute Gasteiger partial charge is 0.160 e. The quantitative estimate of drug-likeness (QED) is 0.169. The minimum Gasteiger partial charge on any atom is -0.228 e. The van der Waals surface area contributed by atoms with E-state index in [1.807, 2.05) is 17.4 Å². The van der Waals surface area contributed by atoms with Crippen molar-refractivity contribution in [2.75, 3.05) is 0 Å². The van der Waals surface area contributed by atoms with Crippen LogP contribution in [0.15, 0.2) is 200 Å². The number of thiophene rings is 1. The number of benzene rings is 8. The van der Waals surface area contributed by atoms with Crippen LogP contribution in [0, 0.1) is 0 Å². The first kappa shape index (κ1) is 33.4. The lowest BCUT2D eigenvalue weighted by Crippen LogP contribution is -2.22. The first-order chi connectivity index (χ1) is 28.1. The van der Waals surface area contributed by atoms with Gasteiger partial charge in [0.15, 0.2) is 5.82 Å². The van der Waals surface area contributed by atoms with E-state index >= 15 is 0 Å². The second-order valence-corrected chi connectivity index (χ2v) is 16.1. The van der Waals surface area contributed by atoms with E-state index in [-0.39, 0.29) is 5.41 Å². The fourth-order valence-corrected chi connectivity index (χ4v) is 10.1. The molecule has 57 heavy (non-hydrogen) atoms. The van der Waals surface area contributed by atoms with E-state index in [4.69, 9.17) is 9.97 Å². The Kier molecular flexibility index (Phi) is 7.84. The Morgan fingerprint density at radius 1 is 0.386 bits per heavy atom. The molecule has 0 bridgehead atoms. The molecule has 0 fully saturated rings. The maximum absolute atomic E-state index is 5.31. The van der Waals surface area contributed by atoms with Crippen LogP contribution in [-0.4, -0.2) is 9.97 Å². The molecule has 1 aliphatic carbocycles. The highest BCUT2D eigenvalue weighted by Gasteiger charge is 2.40. The molecule has 2 aromatic heterocycles. The van der Waals surface area contributed by atoms with E-state index < -0.39 is 0 Å². The van der Waals surface area contributed by atoms with Gasteiger partial charge in [0.1, 0.15) is 0 Å². The summed E-state index contributed by atoms with van der Waals surface area (Å²) in [6, 6.07) is 72.2. The highest BCUT2D eigenvalue weighted by molar-refractivity contribution is 7.25. The molecule has 2 heterocycles. The Morgan fingerprint density at radius 2 is 0.982 bits per heavy atom. The third-order valence-corrected chi connectivity index (χ3v) is 12.9. The second-order valence-electron chi connectivity index (χ2n) is 15.0. The van der Waals surface area contributed by atoms with Gasteiger partial charge in [-0.05, 0) is 87.3 Å². The van der Waals surface area contributed by atoms with E-state index in [0.717, 1.165) is 33.6 Å². The summed E-state index contributed by atoms with van der Waals surface area (Å²) in [6.07, 6.45) is 0. The van der Waals surface area contributed by atoms with Crippen molar-refractivity contribution in [1.29, 1.82) is 0 Å². The number of nitrogens with zero attached hydrogens (tertiary/aromatic N) is 2. The molecule has 0 saturated carbocycles. The zero-order chi connectivity index (χ0) is 37.9. The van der Waals surface area contributed by atoms with Crippen LogP contribution in [0.4, 0.5) is 0 Å². The maximum Gasteiger partial charge on any atom is 0.160 e. The summed E-state index contributed by atoms with van der Waals surface area (Å²) in [6.45, 7) is 2.38. The van der Waals surface area contributed by atoms with Crippen LogP contribution in [0.3, 0.4) is 0 Å². The van der Waals surface area contributed by atoms with Gasteiger partial charge in [-0.2, -0.15) is 0 Å². The molecule has 8 aromatic carbocycles. The molecule has 10 aromatic rings. The number of fused-ring (bicyclic) bond motifs is 6. The fraction of sp³-hybridized carbons (Fsp3) is 0.0370. The van der Waals surface area contributed by atoms with Gasteiger partial charge in [0, 0.05) is 42.3 Å². The predicted molar refractivity (Wildman–Crippen MR) is 240 cm³/mol. The molecule has 1 atom stereocenters. The number of hydrogen-bond acceptors (Lipinski definition) is 3. The van der Waals surface area contributed by atoms with Crippen molar-refractivity contribution < 1.29 is 0 Å². The Hall–Kier alpha value is -6.94. The highest BCUT2D eigenvalue weighted by atomic mass is 32.1. The molecule has 0 N–H and O–H groups in total. The number of hydrogen-bond donors (Lipinski definition) is 0. The van der Waals surface area contributed by atoms with Crippen molar-refractivity contribution in [3.63, 3.8) is 0 Å². The normalized spacial score (nSPS) is 14.5. The molecule has 0 radical (unpaired) electrons. The molecule has 1 aliphatic rings. The van der Waals surface area contributed by atoms with E-state index in [1.165, 1.54) is 64.7 Å². The Labute approximate surface area is 336 Å².